The Morgan fingerprint density at radius 1 is 0.848 bits per heavy atom. The lowest BCUT2D eigenvalue weighted by Crippen LogP contribution is -2.42. The van der Waals surface area contributed by atoms with Crippen LogP contribution in [0.2, 0.25) is 0 Å². The van der Waals surface area contributed by atoms with Crippen LogP contribution >= 0.6 is 11.3 Å². The number of carbonyl (C=O) groups is 2. The van der Waals surface area contributed by atoms with Gasteiger partial charge in [-0.2, -0.15) is 0 Å². The highest BCUT2D eigenvalue weighted by Gasteiger charge is 2.24. The molecule has 4 nitrogen and oxygen atoms in total. The van der Waals surface area contributed by atoms with Gasteiger partial charge in [-0.05, 0) is 30.2 Å². The number of amides is 1. The number of thiophene rings is 1. The second kappa shape index (κ2) is 20.1. The molecule has 1 amide bonds. The van der Waals surface area contributed by atoms with E-state index < -0.39 is 6.04 Å². The molecule has 1 aromatic rings. The largest absolute Gasteiger partial charge is 0.464 e. The molecule has 0 radical (unpaired) electrons. The third kappa shape index (κ3) is 16.0. The second-order valence-corrected chi connectivity index (χ2v) is 10.7. The maximum atomic E-state index is 12.5. The van der Waals surface area contributed by atoms with Crippen LogP contribution in [0.1, 0.15) is 133 Å². The van der Waals surface area contributed by atoms with Crippen molar-refractivity contribution in [3.63, 3.8) is 0 Å². The third-order valence-corrected chi connectivity index (χ3v) is 6.90. The van der Waals surface area contributed by atoms with Gasteiger partial charge in [-0.1, -0.05) is 117 Å². The molecule has 1 N–H and O–H groups in total. The maximum Gasteiger partial charge on any atom is 0.328 e. The van der Waals surface area contributed by atoms with Gasteiger partial charge in [-0.15, -0.1) is 11.3 Å². The van der Waals surface area contributed by atoms with E-state index in [9.17, 15) is 9.59 Å². The van der Waals surface area contributed by atoms with Gasteiger partial charge in [0.15, 0.2) is 0 Å². The van der Waals surface area contributed by atoms with Gasteiger partial charge in [0.25, 0.3) is 5.91 Å². The van der Waals surface area contributed by atoms with Crippen LogP contribution in [0.5, 0.6) is 0 Å². The van der Waals surface area contributed by atoms with E-state index in [1.165, 1.54) is 94.8 Å². The lowest BCUT2D eigenvalue weighted by molar-refractivity contribution is -0.146. The average molecular weight is 480 g/mol. The summed E-state index contributed by atoms with van der Waals surface area (Å²) >= 11 is 1.38. The lowest BCUT2D eigenvalue weighted by Gasteiger charge is -2.19. The van der Waals surface area contributed by atoms with Crippen LogP contribution in [-0.4, -0.2) is 24.5 Å². The zero-order valence-corrected chi connectivity index (χ0v) is 22.4. The molecule has 1 rings (SSSR count). The Kier molecular flexibility index (Phi) is 18.0. The standard InChI is InChI=1S/C28H49NO3S/c1-4-5-6-7-8-9-10-11-12-13-14-15-16-17-18-21-32-28(31)25(23-24(2)3)29-27(30)26-20-19-22-33-26/h19-20,22,24-25H,4-18,21,23H2,1-3H3,(H,29,30). The first-order valence-corrected chi connectivity index (χ1v) is 14.4. The Hall–Kier alpha value is -1.36. The first-order chi connectivity index (χ1) is 16.0. The molecular formula is C28H49NO3S. The van der Waals surface area contributed by atoms with E-state index >= 15 is 0 Å². The number of hydrogen-bond acceptors (Lipinski definition) is 4. The quantitative estimate of drug-likeness (QED) is 0.142. The molecule has 1 atom stereocenters. The van der Waals surface area contributed by atoms with Crippen molar-refractivity contribution >= 4 is 23.2 Å². The number of esters is 1. The van der Waals surface area contributed by atoms with Crippen LogP contribution in [-0.2, 0) is 9.53 Å². The molecule has 1 aromatic heterocycles. The van der Waals surface area contributed by atoms with E-state index in [2.05, 4.69) is 12.2 Å². The number of unbranched alkanes of at least 4 members (excludes halogenated alkanes) is 14. The lowest BCUT2D eigenvalue weighted by atomic mass is 10.0. The number of ether oxygens (including phenoxy) is 1. The minimum Gasteiger partial charge on any atom is -0.464 e. The van der Waals surface area contributed by atoms with E-state index in [0.29, 0.717) is 23.8 Å². The van der Waals surface area contributed by atoms with Crippen LogP contribution in [0.25, 0.3) is 0 Å². The van der Waals surface area contributed by atoms with Gasteiger partial charge < -0.3 is 10.1 Å². The van der Waals surface area contributed by atoms with E-state index in [-0.39, 0.29) is 11.9 Å². The average Bonchev–Trinajstić information content (AvgIpc) is 3.33. The number of rotatable bonds is 21. The summed E-state index contributed by atoms with van der Waals surface area (Å²) in [6, 6.07) is 3.04. The van der Waals surface area contributed by atoms with E-state index in [1.54, 1.807) is 6.07 Å². The molecule has 0 saturated heterocycles. The fourth-order valence-corrected chi connectivity index (χ4v) is 4.70. The molecular weight excluding hydrogens is 430 g/mol. The van der Waals surface area contributed by atoms with Gasteiger partial charge in [0.2, 0.25) is 0 Å². The summed E-state index contributed by atoms with van der Waals surface area (Å²) in [5.74, 6) is -0.199. The highest BCUT2D eigenvalue weighted by molar-refractivity contribution is 7.12. The highest BCUT2D eigenvalue weighted by Crippen LogP contribution is 2.14. The summed E-state index contributed by atoms with van der Waals surface area (Å²) in [4.78, 5) is 25.4. The van der Waals surface area contributed by atoms with Crippen molar-refractivity contribution in [2.24, 2.45) is 5.92 Å². The van der Waals surface area contributed by atoms with Crippen molar-refractivity contribution in [1.82, 2.24) is 5.32 Å². The predicted molar refractivity (Wildman–Crippen MR) is 141 cm³/mol. The van der Waals surface area contributed by atoms with Crippen LogP contribution < -0.4 is 5.32 Å². The molecule has 0 aliphatic heterocycles. The predicted octanol–water partition coefficient (Wildman–Crippen LogP) is 8.31. The second-order valence-electron chi connectivity index (χ2n) is 9.75. The molecule has 0 aromatic carbocycles. The monoisotopic (exact) mass is 479 g/mol. The minimum absolute atomic E-state index is 0.195. The van der Waals surface area contributed by atoms with E-state index in [4.69, 9.17) is 4.74 Å². The molecule has 0 aliphatic carbocycles. The molecule has 0 aliphatic rings. The smallest absolute Gasteiger partial charge is 0.328 e. The van der Waals surface area contributed by atoms with Gasteiger partial charge in [0.05, 0.1) is 11.5 Å². The summed E-state index contributed by atoms with van der Waals surface area (Å²) < 4.78 is 5.49. The number of hydrogen-bond donors (Lipinski definition) is 1. The van der Waals surface area contributed by atoms with Crippen molar-refractivity contribution in [1.29, 1.82) is 0 Å². The van der Waals surface area contributed by atoms with Crippen LogP contribution in [0.3, 0.4) is 0 Å². The van der Waals surface area contributed by atoms with Gasteiger partial charge >= 0.3 is 5.97 Å². The Morgan fingerprint density at radius 2 is 1.36 bits per heavy atom. The van der Waals surface area contributed by atoms with Gasteiger partial charge in [-0.3, -0.25) is 4.79 Å². The summed E-state index contributed by atoms with van der Waals surface area (Å²) in [5, 5.41) is 4.71. The summed E-state index contributed by atoms with van der Waals surface area (Å²) in [7, 11) is 0. The van der Waals surface area contributed by atoms with E-state index in [0.717, 1.165) is 12.8 Å². The first-order valence-electron chi connectivity index (χ1n) is 13.6. The van der Waals surface area contributed by atoms with Crippen molar-refractivity contribution in [3.05, 3.63) is 22.4 Å². The summed E-state index contributed by atoms with van der Waals surface area (Å²) in [5.41, 5.74) is 0. The SMILES string of the molecule is CCCCCCCCCCCCCCCCCOC(=O)C(CC(C)C)NC(=O)c1cccs1. The third-order valence-electron chi connectivity index (χ3n) is 6.03. The fourth-order valence-electron chi connectivity index (χ4n) is 4.07. The van der Waals surface area contributed by atoms with Crippen LogP contribution in [0.15, 0.2) is 17.5 Å². The normalized spacial score (nSPS) is 12.1. The van der Waals surface area contributed by atoms with Crippen molar-refractivity contribution in [2.45, 2.75) is 130 Å². The Labute approximate surface area is 207 Å². The summed E-state index contributed by atoms with van der Waals surface area (Å²) in [6.45, 7) is 6.81. The van der Waals surface area contributed by atoms with Gasteiger partial charge in [0, 0.05) is 0 Å². The molecule has 190 valence electrons. The summed E-state index contributed by atoms with van der Waals surface area (Å²) in [6.07, 6.45) is 20.3. The number of nitrogens with one attached hydrogen (secondary N) is 1. The Bertz CT molecular complexity index is 600. The Balaban J connectivity index is 2.01. The molecule has 0 saturated carbocycles. The van der Waals surface area contributed by atoms with E-state index in [1.807, 2.05) is 25.3 Å². The highest BCUT2D eigenvalue weighted by atomic mass is 32.1. The number of carbonyl (C=O) groups excluding carboxylic acids is 2. The zero-order valence-electron chi connectivity index (χ0n) is 21.5. The van der Waals surface area contributed by atoms with Crippen LogP contribution in [0.4, 0.5) is 0 Å². The molecule has 5 heteroatoms. The Morgan fingerprint density at radius 3 is 1.82 bits per heavy atom. The zero-order chi connectivity index (χ0) is 24.2. The van der Waals surface area contributed by atoms with Crippen LogP contribution in [0, 0.1) is 5.92 Å². The molecule has 0 spiro atoms. The minimum atomic E-state index is -0.573. The fraction of sp³-hybridized carbons (Fsp3) is 0.786. The molecule has 1 unspecified atom stereocenters. The first kappa shape index (κ1) is 29.7. The molecule has 33 heavy (non-hydrogen) atoms. The molecule has 0 fully saturated rings. The van der Waals surface area contributed by atoms with Gasteiger partial charge in [-0.25, -0.2) is 4.79 Å². The maximum absolute atomic E-state index is 12.5. The van der Waals surface area contributed by atoms with Crippen molar-refractivity contribution < 1.29 is 14.3 Å². The topological polar surface area (TPSA) is 55.4 Å². The van der Waals surface area contributed by atoms with Crippen molar-refractivity contribution in [3.8, 4) is 0 Å². The molecule has 1 heterocycles. The molecule has 0 bridgehead atoms. The van der Waals surface area contributed by atoms with Crippen molar-refractivity contribution in [2.75, 3.05) is 6.61 Å². The van der Waals surface area contributed by atoms with Gasteiger partial charge in [0.1, 0.15) is 6.04 Å².